The van der Waals surface area contributed by atoms with Gasteiger partial charge in [0.1, 0.15) is 11.8 Å². The summed E-state index contributed by atoms with van der Waals surface area (Å²) in [5.74, 6) is -0.119. The molecule has 2 aromatic rings. The lowest BCUT2D eigenvalue weighted by molar-refractivity contribution is -0.142. The standard InChI is InChI=1S/C21H23Cl3N2O3/c1-3-11-25-21(28)14(2)26(12-17-18(23)5-4-6-19(17)24)20(27)13-29-16-9-7-15(22)8-10-16/h4-10,14H,3,11-13H2,1-2H3,(H,25,28)/t14-/m0/s1. The van der Waals surface area contributed by atoms with Crippen molar-refractivity contribution in [1.29, 1.82) is 0 Å². The number of ether oxygens (including phenoxy) is 1. The minimum absolute atomic E-state index is 0.0853. The highest BCUT2D eigenvalue weighted by Gasteiger charge is 2.27. The van der Waals surface area contributed by atoms with E-state index >= 15 is 0 Å². The maximum absolute atomic E-state index is 12.9. The quantitative estimate of drug-likeness (QED) is 0.578. The van der Waals surface area contributed by atoms with E-state index < -0.39 is 6.04 Å². The van der Waals surface area contributed by atoms with E-state index in [9.17, 15) is 9.59 Å². The highest BCUT2D eigenvalue weighted by atomic mass is 35.5. The lowest BCUT2D eigenvalue weighted by Gasteiger charge is -2.29. The minimum atomic E-state index is -0.727. The summed E-state index contributed by atoms with van der Waals surface area (Å²) in [6.45, 7) is 3.99. The first kappa shape index (κ1) is 23.3. The van der Waals surface area contributed by atoms with Gasteiger partial charge in [-0.2, -0.15) is 0 Å². The number of halogens is 3. The Morgan fingerprint density at radius 1 is 1.07 bits per heavy atom. The average Bonchev–Trinajstić information content (AvgIpc) is 2.70. The molecule has 8 heteroatoms. The van der Waals surface area contributed by atoms with Crippen molar-refractivity contribution in [1.82, 2.24) is 10.2 Å². The number of amides is 2. The number of hydrogen-bond acceptors (Lipinski definition) is 3. The first-order chi connectivity index (χ1) is 13.8. The van der Waals surface area contributed by atoms with Gasteiger partial charge in [0.2, 0.25) is 5.91 Å². The van der Waals surface area contributed by atoms with Crippen LogP contribution in [-0.4, -0.2) is 35.9 Å². The molecular formula is C21H23Cl3N2O3. The van der Waals surface area contributed by atoms with Gasteiger partial charge in [0.15, 0.2) is 6.61 Å². The fraction of sp³-hybridized carbons (Fsp3) is 0.333. The molecule has 0 aliphatic rings. The predicted octanol–water partition coefficient (Wildman–Crippen LogP) is 4.97. The molecule has 29 heavy (non-hydrogen) atoms. The molecule has 1 atom stereocenters. The summed E-state index contributed by atoms with van der Waals surface area (Å²) in [6, 6.07) is 11.1. The van der Waals surface area contributed by atoms with Gasteiger partial charge in [-0.1, -0.05) is 47.8 Å². The van der Waals surface area contributed by atoms with Crippen molar-refractivity contribution in [2.75, 3.05) is 13.2 Å². The molecule has 5 nitrogen and oxygen atoms in total. The van der Waals surface area contributed by atoms with Gasteiger partial charge in [-0.15, -0.1) is 0 Å². The molecule has 0 saturated heterocycles. The van der Waals surface area contributed by atoms with E-state index in [0.29, 0.717) is 32.9 Å². The van der Waals surface area contributed by atoms with Crippen LogP contribution in [0.3, 0.4) is 0 Å². The molecule has 156 valence electrons. The fourth-order valence-electron chi connectivity index (χ4n) is 2.59. The third-order valence-corrected chi connectivity index (χ3v) is 5.24. The smallest absolute Gasteiger partial charge is 0.261 e. The lowest BCUT2D eigenvalue weighted by Crippen LogP contribution is -2.49. The van der Waals surface area contributed by atoms with Crippen molar-refractivity contribution in [2.24, 2.45) is 0 Å². The van der Waals surface area contributed by atoms with E-state index in [-0.39, 0.29) is 25.0 Å². The summed E-state index contributed by atoms with van der Waals surface area (Å²) >= 11 is 18.4. The summed E-state index contributed by atoms with van der Waals surface area (Å²) in [4.78, 5) is 26.8. The predicted molar refractivity (Wildman–Crippen MR) is 117 cm³/mol. The molecule has 0 radical (unpaired) electrons. The number of nitrogens with zero attached hydrogens (tertiary/aromatic N) is 1. The molecular weight excluding hydrogens is 435 g/mol. The van der Waals surface area contributed by atoms with Gasteiger partial charge in [0, 0.05) is 33.7 Å². The van der Waals surface area contributed by atoms with E-state index in [2.05, 4.69) is 5.32 Å². The molecule has 0 bridgehead atoms. The number of carbonyl (C=O) groups excluding carboxylic acids is 2. The molecule has 0 saturated carbocycles. The second-order valence-corrected chi connectivity index (χ2v) is 7.68. The Hall–Kier alpha value is -1.95. The van der Waals surface area contributed by atoms with Crippen LogP contribution in [0, 0.1) is 0 Å². The Morgan fingerprint density at radius 2 is 1.69 bits per heavy atom. The monoisotopic (exact) mass is 456 g/mol. The van der Waals surface area contributed by atoms with Crippen molar-refractivity contribution in [2.45, 2.75) is 32.9 Å². The van der Waals surface area contributed by atoms with Gasteiger partial charge in [0.25, 0.3) is 5.91 Å². The lowest BCUT2D eigenvalue weighted by atomic mass is 10.1. The molecule has 2 amide bonds. The topological polar surface area (TPSA) is 58.6 Å². The van der Waals surface area contributed by atoms with E-state index in [1.165, 1.54) is 4.90 Å². The van der Waals surface area contributed by atoms with Crippen molar-refractivity contribution in [3.05, 3.63) is 63.1 Å². The van der Waals surface area contributed by atoms with Crippen LogP contribution in [0.2, 0.25) is 15.1 Å². The van der Waals surface area contributed by atoms with Crippen molar-refractivity contribution >= 4 is 46.6 Å². The van der Waals surface area contributed by atoms with Crippen LogP contribution < -0.4 is 10.1 Å². The normalized spacial score (nSPS) is 11.6. The molecule has 0 unspecified atom stereocenters. The number of carbonyl (C=O) groups is 2. The SMILES string of the molecule is CCCNC(=O)[C@H](C)N(Cc1c(Cl)cccc1Cl)C(=O)COc1ccc(Cl)cc1. The van der Waals surface area contributed by atoms with Crippen LogP contribution in [0.5, 0.6) is 5.75 Å². The van der Waals surface area contributed by atoms with Gasteiger partial charge in [-0.25, -0.2) is 0 Å². The summed E-state index contributed by atoms with van der Waals surface area (Å²) in [6.07, 6.45) is 0.794. The summed E-state index contributed by atoms with van der Waals surface area (Å²) in [7, 11) is 0. The highest BCUT2D eigenvalue weighted by molar-refractivity contribution is 6.36. The second kappa shape index (κ2) is 11.3. The highest BCUT2D eigenvalue weighted by Crippen LogP contribution is 2.26. The van der Waals surface area contributed by atoms with Crippen molar-refractivity contribution in [3.8, 4) is 5.75 Å². The van der Waals surface area contributed by atoms with Gasteiger partial charge in [-0.05, 0) is 49.7 Å². The van der Waals surface area contributed by atoms with Crippen molar-refractivity contribution < 1.29 is 14.3 Å². The van der Waals surface area contributed by atoms with Gasteiger partial charge >= 0.3 is 0 Å². The summed E-state index contributed by atoms with van der Waals surface area (Å²) in [5, 5.41) is 4.23. The maximum Gasteiger partial charge on any atom is 0.261 e. The molecule has 0 aromatic heterocycles. The van der Waals surface area contributed by atoms with Crippen LogP contribution in [-0.2, 0) is 16.1 Å². The van der Waals surface area contributed by atoms with Crippen LogP contribution in [0.15, 0.2) is 42.5 Å². The summed E-state index contributed by atoms with van der Waals surface area (Å²) in [5.41, 5.74) is 0.575. The molecule has 2 rings (SSSR count). The Morgan fingerprint density at radius 3 is 2.28 bits per heavy atom. The maximum atomic E-state index is 12.9. The molecule has 0 aliphatic carbocycles. The third-order valence-electron chi connectivity index (χ3n) is 4.28. The Kier molecular flexibility index (Phi) is 9.08. The van der Waals surface area contributed by atoms with E-state index in [0.717, 1.165) is 6.42 Å². The third kappa shape index (κ3) is 6.81. The van der Waals surface area contributed by atoms with Crippen molar-refractivity contribution in [3.63, 3.8) is 0 Å². The second-order valence-electron chi connectivity index (χ2n) is 6.43. The van der Waals surface area contributed by atoms with Crippen LogP contribution in [0.1, 0.15) is 25.8 Å². The largest absolute Gasteiger partial charge is 0.484 e. The number of rotatable bonds is 9. The average molecular weight is 458 g/mol. The molecule has 0 aliphatic heterocycles. The molecule has 0 fully saturated rings. The zero-order valence-electron chi connectivity index (χ0n) is 16.3. The van der Waals surface area contributed by atoms with Crippen LogP contribution in [0.25, 0.3) is 0 Å². The number of hydrogen-bond donors (Lipinski definition) is 1. The molecule has 0 spiro atoms. The number of nitrogens with one attached hydrogen (secondary N) is 1. The van der Waals surface area contributed by atoms with Crippen LogP contribution in [0.4, 0.5) is 0 Å². The zero-order chi connectivity index (χ0) is 21.4. The molecule has 0 heterocycles. The minimum Gasteiger partial charge on any atom is -0.484 e. The van der Waals surface area contributed by atoms with E-state index in [1.807, 2.05) is 6.92 Å². The molecule has 2 aromatic carbocycles. The Labute approximate surface area is 185 Å². The Bertz CT molecular complexity index is 823. The first-order valence-corrected chi connectivity index (χ1v) is 10.3. The van der Waals surface area contributed by atoms with Gasteiger partial charge in [0.05, 0.1) is 0 Å². The first-order valence-electron chi connectivity index (χ1n) is 9.22. The Balaban J connectivity index is 2.19. The summed E-state index contributed by atoms with van der Waals surface area (Å²) < 4.78 is 5.57. The fourth-order valence-corrected chi connectivity index (χ4v) is 3.23. The molecule has 1 N–H and O–H groups in total. The van der Waals surface area contributed by atoms with Gasteiger partial charge < -0.3 is 15.0 Å². The zero-order valence-corrected chi connectivity index (χ0v) is 18.5. The van der Waals surface area contributed by atoms with E-state index in [1.54, 1.807) is 49.4 Å². The van der Waals surface area contributed by atoms with Gasteiger partial charge in [-0.3, -0.25) is 9.59 Å². The number of benzene rings is 2. The van der Waals surface area contributed by atoms with E-state index in [4.69, 9.17) is 39.5 Å². The van der Waals surface area contributed by atoms with Crippen LogP contribution >= 0.6 is 34.8 Å².